The highest BCUT2D eigenvalue weighted by Gasteiger charge is 2.06. The Balaban J connectivity index is 2.11. The Morgan fingerprint density at radius 3 is 2.78 bits per heavy atom. The molecule has 0 aliphatic rings. The lowest BCUT2D eigenvalue weighted by Crippen LogP contribution is -2.07. The molecule has 0 radical (unpaired) electrons. The predicted octanol–water partition coefficient (Wildman–Crippen LogP) is 3.89. The van der Waals surface area contributed by atoms with Gasteiger partial charge in [-0.15, -0.1) is 0 Å². The number of nitriles is 1. The third kappa shape index (κ3) is 3.08. The summed E-state index contributed by atoms with van der Waals surface area (Å²) < 4.78 is 1.06. The van der Waals surface area contributed by atoms with E-state index in [2.05, 4.69) is 51.4 Å². The molecule has 1 unspecified atom stereocenters. The van der Waals surface area contributed by atoms with E-state index in [1.54, 1.807) is 12.3 Å². The number of nitrogens with zero attached hydrogens (tertiary/aromatic N) is 2. The van der Waals surface area contributed by atoms with Gasteiger partial charge in [0.25, 0.3) is 0 Å². The van der Waals surface area contributed by atoms with Crippen molar-refractivity contribution in [2.45, 2.75) is 13.0 Å². The van der Waals surface area contributed by atoms with Gasteiger partial charge in [0, 0.05) is 16.7 Å². The number of benzene rings is 1. The zero-order valence-corrected chi connectivity index (χ0v) is 11.5. The normalized spacial score (nSPS) is 11.6. The van der Waals surface area contributed by atoms with Crippen LogP contribution in [0.25, 0.3) is 0 Å². The zero-order chi connectivity index (χ0) is 13.0. The van der Waals surface area contributed by atoms with E-state index in [4.69, 9.17) is 5.26 Å². The Morgan fingerprint density at radius 1 is 1.33 bits per heavy atom. The summed E-state index contributed by atoms with van der Waals surface area (Å²) in [4.78, 5) is 4.19. The van der Waals surface area contributed by atoms with E-state index in [9.17, 15) is 0 Å². The molecule has 1 N–H and O–H groups in total. The van der Waals surface area contributed by atoms with Crippen molar-refractivity contribution in [1.82, 2.24) is 4.98 Å². The molecule has 0 bridgehead atoms. The summed E-state index contributed by atoms with van der Waals surface area (Å²) in [5, 5.41) is 12.0. The van der Waals surface area contributed by atoms with E-state index in [0.29, 0.717) is 5.56 Å². The van der Waals surface area contributed by atoms with Crippen LogP contribution in [-0.2, 0) is 0 Å². The lowest BCUT2D eigenvalue weighted by molar-refractivity contribution is 0.873. The first-order chi connectivity index (χ1) is 8.69. The van der Waals surface area contributed by atoms with Gasteiger partial charge in [-0.2, -0.15) is 5.26 Å². The molecule has 2 rings (SSSR count). The molecule has 1 heterocycles. The van der Waals surface area contributed by atoms with Gasteiger partial charge < -0.3 is 5.32 Å². The number of hydrogen-bond acceptors (Lipinski definition) is 3. The fourth-order valence-corrected chi connectivity index (χ4v) is 2.04. The number of nitrogens with one attached hydrogen (secondary N) is 1. The molecule has 0 saturated heterocycles. The third-order valence-corrected chi connectivity index (χ3v) is 3.10. The maximum absolute atomic E-state index is 8.70. The molecule has 0 saturated carbocycles. The van der Waals surface area contributed by atoms with E-state index >= 15 is 0 Å². The summed E-state index contributed by atoms with van der Waals surface area (Å²) in [6.07, 6.45) is 1.57. The number of rotatable bonds is 3. The Labute approximate surface area is 115 Å². The topological polar surface area (TPSA) is 48.7 Å². The fourth-order valence-electron chi connectivity index (χ4n) is 1.63. The van der Waals surface area contributed by atoms with Gasteiger partial charge in [0.1, 0.15) is 11.9 Å². The molecule has 1 aromatic heterocycles. The highest BCUT2D eigenvalue weighted by molar-refractivity contribution is 9.10. The van der Waals surface area contributed by atoms with E-state index in [1.807, 2.05) is 18.2 Å². The number of halogens is 1. The Morgan fingerprint density at radius 2 is 2.17 bits per heavy atom. The SMILES string of the molecule is CC(Nc1ccc(C#N)cn1)c1cccc(Br)c1. The number of pyridine rings is 1. The maximum Gasteiger partial charge on any atom is 0.126 e. The van der Waals surface area contributed by atoms with Crippen LogP contribution in [0.1, 0.15) is 24.1 Å². The van der Waals surface area contributed by atoms with E-state index in [1.165, 1.54) is 5.56 Å². The zero-order valence-electron chi connectivity index (χ0n) is 9.89. The van der Waals surface area contributed by atoms with Crippen LogP contribution in [0, 0.1) is 11.3 Å². The van der Waals surface area contributed by atoms with Crippen LogP contribution in [0.3, 0.4) is 0 Å². The van der Waals surface area contributed by atoms with Crippen molar-refractivity contribution in [1.29, 1.82) is 5.26 Å². The van der Waals surface area contributed by atoms with Gasteiger partial charge in [-0.3, -0.25) is 0 Å². The first-order valence-corrected chi connectivity index (χ1v) is 6.36. The van der Waals surface area contributed by atoms with Crippen molar-refractivity contribution < 1.29 is 0 Å². The summed E-state index contributed by atoms with van der Waals surface area (Å²) in [5.74, 6) is 0.765. The molecule has 0 fully saturated rings. The minimum Gasteiger partial charge on any atom is -0.364 e. The van der Waals surface area contributed by atoms with Gasteiger partial charge in [-0.1, -0.05) is 28.1 Å². The summed E-state index contributed by atoms with van der Waals surface area (Å²) in [5.41, 5.74) is 1.74. The molecule has 18 heavy (non-hydrogen) atoms. The molecule has 3 nitrogen and oxygen atoms in total. The first-order valence-electron chi connectivity index (χ1n) is 5.57. The quantitative estimate of drug-likeness (QED) is 0.935. The van der Waals surface area contributed by atoms with Crippen molar-refractivity contribution in [2.24, 2.45) is 0 Å². The van der Waals surface area contributed by atoms with Gasteiger partial charge in [0.15, 0.2) is 0 Å². The van der Waals surface area contributed by atoms with Crippen molar-refractivity contribution >= 4 is 21.7 Å². The molecule has 0 amide bonds. The highest BCUT2D eigenvalue weighted by Crippen LogP contribution is 2.21. The average Bonchev–Trinajstić information content (AvgIpc) is 2.39. The molecule has 0 aliphatic carbocycles. The lowest BCUT2D eigenvalue weighted by Gasteiger charge is -2.15. The highest BCUT2D eigenvalue weighted by atomic mass is 79.9. The van der Waals surface area contributed by atoms with Crippen LogP contribution in [-0.4, -0.2) is 4.98 Å². The maximum atomic E-state index is 8.70. The minimum absolute atomic E-state index is 0.155. The fraction of sp³-hybridized carbons (Fsp3) is 0.143. The molecule has 1 atom stereocenters. The van der Waals surface area contributed by atoms with Gasteiger partial charge in [-0.25, -0.2) is 4.98 Å². The Kier molecular flexibility index (Phi) is 3.96. The summed E-state index contributed by atoms with van der Waals surface area (Å²) in [7, 11) is 0. The predicted molar refractivity (Wildman–Crippen MR) is 75.1 cm³/mol. The first kappa shape index (κ1) is 12.6. The van der Waals surface area contributed by atoms with Gasteiger partial charge >= 0.3 is 0 Å². The van der Waals surface area contributed by atoms with Crippen molar-refractivity contribution in [3.8, 4) is 6.07 Å². The van der Waals surface area contributed by atoms with Gasteiger partial charge in [0.2, 0.25) is 0 Å². The molecule has 90 valence electrons. The van der Waals surface area contributed by atoms with Crippen LogP contribution in [0.5, 0.6) is 0 Å². The van der Waals surface area contributed by atoms with Crippen LogP contribution in [0.2, 0.25) is 0 Å². The Hall–Kier alpha value is -1.86. The third-order valence-electron chi connectivity index (χ3n) is 2.61. The average molecular weight is 302 g/mol. The standard InChI is InChI=1S/C14H12BrN3/c1-10(12-3-2-4-13(15)7-12)18-14-6-5-11(8-16)9-17-14/h2-7,9-10H,1H3,(H,17,18). The van der Waals surface area contributed by atoms with Crippen LogP contribution < -0.4 is 5.32 Å². The molecule has 0 aliphatic heterocycles. The molecule has 0 spiro atoms. The van der Waals surface area contributed by atoms with Crippen LogP contribution >= 0.6 is 15.9 Å². The smallest absolute Gasteiger partial charge is 0.126 e. The lowest BCUT2D eigenvalue weighted by atomic mass is 10.1. The van der Waals surface area contributed by atoms with Crippen LogP contribution in [0.15, 0.2) is 47.1 Å². The Bertz CT molecular complexity index is 572. The van der Waals surface area contributed by atoms with Crippen molar-refractivity contribution in [3.05, 3.63) is 58.2 Å². The molecule has 1 aromatic carbocycles. The van der Waals surface area contributed by atoms with E-state index < -0.39 is 0 Å². The number of hydrogen-bond donors (Lipinski definition) is 1. The summed E-state index contributed by atoms with van der Waals surface area (Å²) in [6.45, 7) is 2.07. The summed E-state index contributed by atoms with van der Waals surface area (Å²) >= 11 is 3.46. The monoisotopic (exact) mass is 301 g/mol. The molecule has 4 heteroatoms. The molecular formula is C14H12BrN3. The van der Waals surface area contributed by atoms with Crippen LogP contribution in [0.4, 0.5) is 5.82 Å². The van der Waals surface area contributed by atoms with Gasteiger partial charge in [-0.05, 0) is 36.8 Å². The molecule has 2 aromatic rings. The number of anilines is 1. The van der Waals surface area contributed by atoms with Gasteiger partial charge in [0.05, 0.1) is 5.56 Å². The second-order valence-corrected chi connectivity index (χ2v) is 4.88. The largest absolute Gasteiger partial charge is 0.364 e. The van der Waals surface area contributed by atoms with E-state index in [0.717, 1.165) is 10.3 Å². The summed E-state index contributed by atoms with van der Waals surface area (Å²) in [6, 6.07) is 13.9. The second kappa shape index (κ2) is 5.65. The molecular weight excluding hydrogens is 290 g/mol. The van der Waals surface area contributed by atoms with Crippen molar-refractivity contribution in [3.63, 3.8) is 0 Å². The minimum atomic E-state index is 0.155. The second-order valence-electron chi connectivity index (χ2n) is 3.96. The van der Waals surface area contributed by atoms with E-state index in [-0.39, 0.29) is 6.04 Å². The van der Waals surface area contributed by atoms with Crippen molar-refractivity contribution in [2.75, 3.05) is 5.32 Å². The number of aromatic nitrogens is 1.